The zero-order valence-electron chi connectivity index (χ0n) is 16.8. The van der Waals surface area contributed by atoms with Crippen LogP contribution >= 0.6 is 0 Å². The van der Waals surface area contributed by atoms with Crippen LogP contribution in [0.3, 0.4) is 0 Å². The molecule has 3 aromatic rings. The van der Waals surface area contributed by atoms with Crippen LogP contribution in [0.25, 0.3) is 11.4 Å². The number of hydrogen-bond donors (Lipinski definition) is 2. The van der Waals surface area contributed by atoms with Crippen LogP contribution < -0.4 is 15.5 Å². The Bertz CT molecular complexity index is 908. The summed E-state index contributed by atoms with van der Waals surface area (Å²) in [6, 6.07) is 20.5. The normalized spacial score (nSPS) is 13.5. The Labute approximate surface area is 172 Å². The van der Waals surface area contributed by atoms with E-state index in [0.29, 0.717) is 19.0 Å². The van der Waals surface area contributed by atoms with Gasteiger partial charge in [-0.2, -0.15) is 0 Å². The average molecular weight is 390 g/mol. The Morgan fingerprint density at radius 1 is 0.931 bits per heavy atom. The van der Waals surface area contributed by atoms with Crippen LogP contribution in [-0.2, 0) is 4.74 Å². The lowest BCUT2D eigenvalue weighted by molar-refractivity contribution is 0.210. The van der Waals surface area contributed by atoms with Gasteiger partial charge in [0.05, 0.1) is 6.61 Å². The Morgan fingerprint density at radius 3 is 2.38 bits per heavy atom. The molecule has 1 aliphatic heterocycles. The first-order chi connectivity index (χ1) is 14.3. The molecule has 0 saturated carbocycles. The highest BCUT2D eigenvalue weighted by molar-refractivity contribution is 5.66. The summed E-state index contributed by atoms with van der Waals surface area (Å²) in [6.45, 7) is 3.60. The standard InChI is InChI=1S/C23H27N5O/c1-29-16-13-24-21-17-22(27-23(26-21)18-7-3-2-4-8-18)25-19-9-11-20(12-10-19)28-14-5-6-15-28/h2-4,7-12,17H,5-6,13-16H2,1H3,(H2,24,25,26,27). The molecule has 1 fully saturated rings. The largest absolute Gasteiger partial charge is 0.383 e. The number of ether oxygens (including phenoxy) is 1. The molecule has 6 nitrogen and oxygen atoms in total. The summed E-state index contributed by atoms with van der Waals surface area (Å²) in [6.07, 6.45) is 2.56. The summed E-state index contributed by atoms with van der Waals surface area (Å²) in [5.41, 5.74) is 3.27. The Balaban J connectivity index is 1.55. The number of hydrogen-bond acceptors (Lipinski definition) is 6. The molecule has 2 aromatic carbocycles. The second-order valence-corrected chi connectivity index (χ2v) is 7.11. The Morgan fingerprint density at radius 2 is 1.66 bits per heavy atom. The SMILES string of the molecule is COCCNc1cc(Nc2ccc(N3CCCC3)cc2)nc(-c2ccccc2)n1. The fraction of sp³-hybridized carbons (Fsp3) is 0.304. The molecule has 6 heteroatoms. The Hall–Kier alpha value is -3.12. The van der Waals surface area contributed by atoms with Crippen LogP contribution in [0.15, 0.2) is 60.7 Å². The fourth-order valence-corrected chi connectivity index (χ4v) is 3.48. The molecule has 0 spiro atoms. The quantitative estimate of drug-likeness (QED) is 0.551. The molecule has 0 unspecified atom stereocenters. The van der Waals surface area contributed by atoms with Gasteiger partial charge in [0, 0.05) is 49.7 Å². The van der Waals surface area contributed by atoms with Crippen molar-refractivity contribution in [3.63, 3.8) is 0 Å². The minimum absolute atomic E-state index is 0.616. The highest BCUT2D eigenvalue weighted by Crippen LogP contribution is 2.25. The molecule has 4 rings (SSSR count). The van der Waals surface area contributed by atoms with Crippen molar-refractivity contribution < 1.29 is 4.74 Å². The third-order valence-electron chi connectivity index (χ3n) is 4.98. The lowest BCUT2D eigenvalue weighted by atomic mass is 10.2. The van der Waals surface area contributed by atoms with Crippen LogP contribution in [0, 0.1) is 0 Å². The molecule has 29 heavy (non-hydrogen) atoms. The minimum atomic E-state index is 0.616. The van der Waals surface area contributed by atoms with E-state index in [0.717, 1.165) is 36.0 Å². The molecule has 1 aliphatic rings. The van der Waals surface area contributed by atoms with Crippen molar-refractivity contribution in [3.8, 4) is 11.4 Å². The first-order valence-corrected chi connectivity index (χ1v) is 10.1. The van der Waals surface area contributed by atoms with E-state index in [4.69, 9.17) is 9.72 Å². The van der Waals surface area contributed by atoms with Gasteiger partial charge in [-0.15, -0.1) is 0 Å². The molecule has 2 N–H and O–H groups in total. The highest BCUT2D eigenvalue weighted by atomic mass is 16.5. The molecule has 0 atom stereocenters. The monoisotopic (exact) mass is 389 g/mol. The lowest BCUT2D eigenvalue weighted by Crippen LogP contribution is -2.17. The number of nitrogens with zero attached hydrogens (tertiary/aromatic N) is 3. The second kappa shape index (κ2) is 9.39. The van der Waals surface area contributed by atoms with Gasteiger partial charge in [-0.05, 0) is 37.1 Å². The van der Waals surface area contributed by atoms with Crippen molar-refractivity contribution in [2.75, 3.05) is 48.9 Å². The van der Waals surface area contributed by atoms with Gasteiger partial charge < -0.3 is 20.3 Å². The number of methoxy groups -OCH3 is 1. The third kappa shape index (κ3) is 5.03. The van der Waals surface area contributed by atoms with Crippen LogP contribution in [0.1, 0.15) is 12.8 Å². The number of benzene rings is 2. The predicted octanol–water partition coefficient (Wildman–Crippen LogP) is 4.55. The molecular formula is C23H27N5O. The summed E-state index contributed by atoms with van der Waals surface area (Å²) >= 11 is 0. The summed E-state index contributed by atoms with van der Waals surface area (Å²) in [5, 5.41) is 6.73. The zero-order valence-corrected chi connectivity index (χ0v) is 16.8. The number of nitrogens with one attached hydrogen (secondary N) is 2. The Kier molecular flexibility index (Phi) is 6.22. The van der Waals surface area contributed by atoms with E-state index in [2.05, 4.69) is 44.8 Å². The summed E-state index contributed by atoms with van der Waals surface area (Å²) in [7, 11) is 1.69. The van der Waals surface area contributed by atoms with Gasteiger partial charge in [-0.1, -0.05) is 30.3 Å². The van der Waals surface area contributed by atoms with Crippen molar-refractivity contribution in [1.82, 2.24) is 9.97 Å². The van der Waals surface area contributed by atoms with Gasteiger partial charge in [0.15, 0.2) is 5.82 Å². The number of rotatable bonds is 8. The molecule has 1 saturated heterocycles. The first kappa shape index (κ1) is 19.2. The van der Waals surface area contributed by atoms with E-state index in [1.165, 1.54) is 18.5 Å². The average Bonchev–Trinajstić information content (AvgIpc) is 3.30. The second-order valence-electron chi connectivity index (χ2n) is 7.11. The van der Waals surface area contributed by atoms with Crippen molar-refractivity contribution >= 4 is 23.0 Å². The van der Waals surface area contributed by atoms with Crippen LogP contribution in [0.5, 0.6) is 0 Å². The van der Waals surface area contributed by atoms with E-state index in [9.17, 15) is 0 Å². The molecule has 0 radical (unpaired) electrons. The lowest BCUT2D eigenvalue weighted by Gasteiger charge is -2.18. The molecule has 0 bridgehead atoms. The topological polar surface area (TPSA) is 62.3 Å². The van der Waals surface area contributed by atoms with Crippen LogP contribution in [-0.4, -0.2) is 43.3 Å². The summed E-state index contributed by atoms with van der Waals surface area (Å²) < 4.78 is 5.13. The van der Waals surface area contributed by atoms with Gasteiger partial charge in [0.25, 0.3) is 0 Å². The molecular weight excluding hydrogens is 362 g/mol. The minimum Gasteiger partial charge on any atom is -0.383 e. The fourth-order valence-electron chi connectivity index (χ4n) is 3.48. The van der Waals surface area contributed by atoms with Gasteiger partial charge in [0.1, 0.15) is 11.6 Å². The molecule has 0 aliphatic carbocycles. The maximum absolute atomic E-state index is 5.13. The number of anilines is 4. The van der Waals surface area contributed by atoms with Crippen molar-refractivity contribution in [3.05, 3.63) is 60.7 Å². The van der Waals surface area contributed by atoms with Gasteiger partial charge >= 0.3 is 0 Å². The summed E-state index contributed by atoms with van der Waals surface area (Å²) in [4.78, 5) is 11.8. The zero-order chi connectivity index (χ0) is 19.9. The van der Waals surface area contributed by atoms with Crippen LogP contribution in [0.4, 0.5) is 23.0 Å². The van der Waals surface area contributed by atoms with E-state index in [1.807, 2.05) is 36.4 Å². The van der Waals surface area contributed by atoms with E-state index >= 15 is 0 Å². The molecule has 150 valence electrons. The number of aromatic nitrogens is 2. The van der Waals surface area contributed by atoms with Gasteiger partial charge in [0.2, 0.25) is 0 Å². The van der Waals surface area contributed by atoms with Crippen LogP contribution in [0.2, 0.25) is 0 Å². The summed E-state index contributed by atoms with van der Waals surface area (Å²) in [5.74, 6) is 2.21. The third-order valence-corrected chi connectivity index (χ3v) is 4.98. The molecule has 0 amide bonds. The maximum Gasteiger partial charge on any atom is 0.163 e. The molecule has 1 aromatic heterocycles. The smallest absolute Gasteiger partial charge is 0.163 e. The molecule has 2 heterocycles. The van der Waals surface area contributed by atoms with Crippen molar-refractivity contribution in [2.24, 2.45) is 0 Å². The predicted molar refractivity (Wildman–Crippen MR) is 119 cm³/mol. The maximum atomic E-state index is 5.13. The van der Waals surface area contributed by atoms with E-state index < -0.39 is 0 Å². The highest BCUT2D eigenvalue weighted by Gasteiger charge is 2.12. The van der Waals surface area contributed by atoms with Gasteiger partial charge in [-0.3, -0.25) is 0 Å². The van der Waals surface area contributed by atoms with Crippen molar-refractivity contribution in [1.29, 1.82) is 0 Å². The van der Waals surface area contributed by atoms with E-state index in [-0.39, 0.29) is 0 Å². The van der Waals surface area contributed by atoms with Gasteiger partial charge in [-0.25, -0.2) is 9.97 Å². The first-order valence-electron chi connectivity index (χ1n) is 10.1. The van der Waals surface area contributed by atoms with E-state index in [1.54, 1.807) is 7.11 Å². The van der Waals surface area contributed by atoms with Crippen molar-refractivity contribution in [2.45, 2.75) is 12.8 Å².